The van der Waals surface area contributed by atoms with Gasteiger partial charge in [0.1, 0.15) is 16.3 Å². The largest absolute Gasteiger partial charge is 0.490 e. The second-order valence-electron chi connectivity index (χ2n) is 5.98. The predicted octanol–water partition coefficient (Wildman–Crippen LogP) is 3.24. The summed E-state index contributed by atoms with van der Waals surface area (Å²) < 4.78 is 37.2. The Bertz CT molecular complexity index is 905. The van der Waals surface area contributed by atoms with E-state index in [0.29, 0.717) is 23.8 Å². The van der Waals surface area contributed by atoms with Gasteiger partial charge in [-0.3, -0.25) is 4.79 Å². The third kappa shape index (κ3) is 4.71. The Morgan fingerprint density at radius 2 is 1.79 bits per heavy atom. The molecule has 0 atom stereocenters. The van der Waals surface area contributed by atoms with E-state index in [4.69, 9.17) is 25.9 Å². The van der Waals surface area contributed by atoms with Crippen molar-refractivity contribution < 1.29 is 42.2 Å². The molecule has 3 N–H and O–H groups in total. The third-order valence-corrected chi connectivity index (χ3v) is 4.38. The molecule has 0 saturated heterocycles. The highest BCUT2D eigenvalue weighted by atomic mass is 35.5. The van der Waals surface area contributed by atoms with E-state index < -0.39 is 29.6 Å². The number of hydrogen-bond acceptors (Lipinski definition) is 5. The van der Waals surface area contributed by atoms with E-state index >= 15 is 0 Å². The molecule has 2 aromatic heterocycles. The summed E-state index contributed by atoms with van der Waals surface area (Å²) in [6, 6.07) is 3.07. The Morgan fingerprint density at radius 3 is 2.25 bits per heavy atom. The maximum absolute atomic E-state index is 12.3. The standard InChI is InChI=1S/C14H13ClN2O4.C2HF3O2/c15-11-8-7-10(21-9(8)3-6-16-11)12(18)17-14(13(19)20)4-1-2-5-14;3-2(4,5)1(6)7/h3,6-7H,1-2,4-5H2,(H,17,18)(H,19,20);(H,6,7). The Morgan fingerprint density at radius 1 is 1.21 bits per heavy atom. The first-order chi connectivity index (χ1) is 13.0. The van der Waals surface area contributed by atoms with E-state index in [-0.39, 0.29) is 10.9 Å². The summed E-state index contributed by atoms with van der Waals surface area (Å²) in [6.45, 7) is 0. The van der Waals surface area contributed by atoms with Crippen LogP contribution in [0.3, 0.4) is 0 Å². The number of nitrogens with one attached hydrogen (secondary N) is 1. The van der Waals surface area contributed by atoms with E-state index in [9.17, 15) is 27.9 Å². The molecule has 0 aliphatic heterocycles. The molecule has 1 aliphatic rings. The van der Waals surface area contributed by atoms with E-state index in [1.54, 1.807) is 6.07 Å². The van der Waals surface area contributed by atoms with Gasteiger partial charge in [0, 0.05) is 12.3 Å². The average Bonchev–Trinajstić information content (AvgIpc) is 3.22. The van der Waals surface area contributed by atoms with Gasteiger partial charge in [0.05, 0.1) is 5.39 Å². The summed E-state index contributed by atoms with van der Waals surface area (Å²) in [5.74, 6) is -4.28. The van der Waals surface area contributed by atoms with Crippen molar-refractivity contribution in [3.8, 4) is 0 Å². The zero-order chi connectivity index (χ0) is 21.1. The van der Waals surface area contributed by atoms with Crippen LogP contribution in [0, 0.1) is 0 Å². The second kappa shape index (κ2) is 8.05. The van der Waals surface area contributed by atoms with Gasteiger partial charge in [0.25, 0.3) is 5.91 Å². The van der Waals surface area contributed by atoms with Crippen molar-refractivity contribution >= 4 is 40.4 Å². The first kappa shape index (κ1) is 21.5. The van der Waals surface area contributed by atoms with Crippen molar-refractivity contribution in [1.29, 1.82) is 0 Å². The molecule has 0 spiro atoms. The summed E-state index contributed by atoms with van der Waals surface area (Å²) in [4.78, 5) is 36.5. The topological polar surface area (TPSA) is 130 Å². The number of hydrogen-bond donors (Lipinski definition) is 3. The molecule has 0 unspecified atom stereocenters. The molecule has 1 amide bonds. The van der Waals surface area contributed by atoms with Crippen molar-refractivity contribution in [3.63, 3.8) is 0 Å². The molecule has 1 saturated carbocycles. The molecule has 1 aliphatic carbocycles. The third-order valence-electron chi connectivity index (χ3n) is 4.08. The van der Waals surface area contributed by atoms with Gasteiger partial charge < -0.3 is 19.9 Å². The Hall–Kier alpha value is -2.82. The molecule has 0 radical (unpaired) electrons. The van der Waals surface area contributed by atoms with Crippen molar-refractivity contribution in [2.24, 2.45) is 0 Å². The Labute approximate surface area is 160 Å². The number of pyridine rings is 1. The Balaban J connectivity index is 0.000000345. The first-order valence-electron chi connectivity index (χ1n) is 7.86. The highest BCUT2D eigenvalue weighted by molar-refractivity contribution is 6.34. The van der Waals surface area contributed by atoms with Crippen LogP contribution < -0.4 is 5.32 Å². The molecule has 2 heterocycles. The molecule has 0 aromatic carbocycles. The van der Waals surface area contributed by atoms with Gasteiger partial charge in [0.15, 0.2) is 5.76 Å². The maximum atomic E-state index is 12.3. The van der Waals surface area contributed by atoms with E-state index in [0.717, 1.165) is 12.8 Å². The second-order valence-corrected chi connectivity index (χ2v) is 6.33. The van der Waals surface area contributed by atoms with Crippen LogP contribution >= 0.6 is 11.6 Å². The molecule has 152 valence electrons. The average molecular weight is 423 g/mol. The van der Waals surface area contributed by atoms with Crippen molar-refractivity contribution in [1.82, 2.24) is 10.3 Å². The molecule has 0 bridgehead atoms. The molecule has 3 rings (SSSR count). The molecule has 28 heavy (non-hydrogen) atoms. The number of carboxylic acids is 2. The van der Waals surface area contributed by atoms with Crippen LogP contribution in [-0.2, 0) is 9.59 Å². The number of amides is 1. The molecular weight excluding hydrogens is 409 g/mol. The summed E-state index contributed by atoms with van der Waals surface area (Å²) in [5.41, 5.74) is -0.756. The normalized spacial score (nSPS) is 15.6. The van der Waals surface area contributed by atoms with Gasteiger partial charge in [-0.2, -0.15) is 13.2 Å². The Kier molecular flexibility index (Phi) is 6.17. The van der Waals surface area contributed by atoms with Gasteiger partial charge in [-0.1, -0.05) is 24.4 Å². The number of nitrogens with zero attached hydrogens (tertiary/aromatic N) is 1. The van der Waals surface area contributed by atoms with Gasteiger partial charge in [-0.05, 0) is 18.9 Å². The molecule has 2 aromatic rings. The van der Waals surface area contributed by atoms with E-state index in [2.05, 4.69) is 10.3 Å². The van der Waals surface area contributed by atoms with Crippen LogP contribution in [0.15, 0.2) is 22.7 Å². The molecular formula is C16H14ClF3N2O6. The fourth-order valence-corrected chi connectivity index (χ4v) is 2.90. The van der Waals surface area contributed by atoms with Crippen LogP contribution in [0.2, 0.25) is 5.15 Å². The fourth-order valence-electron chi connectivity index (χ4n) is 2.69. The highest BCUT2D eigenvalue weighted by Crippen LogP contribution is 2.31. The van der Waals surface area contributed by atoms with E-state index in [1.807, 2.05) is 0 Å². The lowest BCUT2D eigenvalue weighted by atomic mass is 9.98. The lowest BCUT2D eigenvalue weighted by Crippen LogP contribution is -2.52. The number of carboxylic acid groups (broad SMARTS) is 2. The number of aliphatic carboxylic acids is 2. The number of carbonyl (C=O) groups excluding carboxylic acids is 1. The highest BCUT2D eigenvalue weighted by Gasteiger charge is 2.43. The SMILES string of the molecule is O=C(NC1(C(=O)O)CCCC1)c1cc2c(Cl)nccc2o1.O=C(O)C(F)(F)F. The van der Waals surface area contributed by atoms with Gasteiger partial charge in [0.2, 0.25) is 0 Å². The van der Waals surface area contributed by atoms with Crippen LogP contribution in [0.25, 0.3) is 11.0 Å². The predicted molar refractivity (Wildman–Crippen MR) is 89.0 cm³/mol. The summed E-state index contributed by atoms with van der Waals surface area (Å²) in [6.07, 6.45) is -1.19. The number of rotatable bonds is 3. The minimum Gasteiger partial charge on any atom is -0.480 e. The quantitative estimate of drug-likeness (QED) is 0.647. The van der Waals surface area contributed by atoms with Crippen LogP contribution in [0.1, 0.15) is 36.2 Å². The summed E-state index contributed by atoms with van der Waals surface area (Å²) in [5, 5.41) is 19.9. The first-order valence-corrected chi connectivity index (χ1v) is 8.24. The number of furan rings is 1. The van der Waals surface area contributed by atoms with Gasteiger partial charge >= 0.3 is 18.1 Å². The monoisotopic (exact) mass is 422 g/mol. The summed E-state index contributed by atoms with van der Waals surface area (Å²) >= 11 is 5.93. The number of aromatic nitrogens is 1. The minimum atomic E-state index is -5.08. The van der Waals surface area contributed by atoms with Crippen molar-refractivity contribution in [2.75, 3.05) is 0 Å². The number of carbonyl (C=O) groups is 3. The lowest BCUT2D eigenvalue weighted by molar-refractivity contribution is -0.192. The van der Waals surface area contributed by atoms with Crippen LogP contribution in [0.4, 0.5) is 13.2 Å². The molecule has 8 nitrogen and oxygen atoms in total. The summed E-state index contributed by atoms with van der Waals surface area (Å²) in [7, 11) is 0. The smallest absolute Gasteiger partial charge is 0.480 e. The van der Waals surface area contributed by atoms with Gasteiger partial charge in [-0.25, -0.2) is 14.6 Å². The zero-order valence-corrected chi connectivity index (χ0v) is 14.8. The minimum absolute atomic E-state index is 0.0347. The molecule has 1 fully saturated rings. The fraction of sp³-hybridized carbons (Fsp3) is 0.375. The number of halogens is 4. The lowest BCUT2D eigenvalue weighted by Gasteiger charge is -2.24. The zero-order valence-electron chi connectivity index (χ0n) is 14.0. The van der Waals surface area contributed by atoms with E-state index in [1.165, 1.54) is 12.3 Å². The number of alkyl halides is 3. The maximum Gasteiger partial charge on any atom is 0.490 e. The molecule has 12 heteroatoms. The van der Waals surface area contributed by atoms with Crippen molar-refractivity contribution in [2.45, 2.75) is 37.4 Å². The number of fused-ring (bicyclic) bond motifs is 1. The van der Waals surface area contributed by atoms with Crippen molar-refractivity contribution in [3.05, 3.63) is 29.2 Å². The van der Waals surface area contributed by atoms with Crippen LogP contribution in [0.5, 0.6) is 0 Å². The van der Waals surface area contributed by atoms with Gasteiger partial charge in [-0.15, -0.1) is 0 Å². The van der Waals surface area contributed by atoms with Crippen LogP contribution in [-0.4, -0.2) is 44.8 Å².